The van der Waals surface area contributed by atoms with Crippen molar-refractivity contribution >= 4 is 22.3 Å². The number of hydrogen-bond acceptors (Lipinski definition) is 8. The molecule has 2 aliphatic carbocycles. The summed E-state index contributed by atoms with van der Waals surface area (Å²) in [6.45, 7) is 5.85. The molecule has 8 atom stereocenters. The zero-order chi connectivity index (χ0) is 26.9. The Morgan fingerprint density at radius 1 is 1.20 bits per heavy atom. The third kappa shape index (κ3) is 11.6. The van der Waals surface area contributed by atoms with Crippen LogP contribution in [0.15, 0.2) is 23.8 Å². The Labute approximate surface area is 206 Å². The number of fused-ring (bicyclic) bond motifs is 1. The first kappa shape index (κ1) is 31.2. The number of aliphatic carboxylic acids is 1. The van der Waals surface area contributed by atoms with Gasteiger partial charge in [-0.15, -0.1) is 0 Å². The molecular weight excluding hydrogens is 484 g/mol. The molecule has 0 radical (unpaired) electrons. The van der Waals surface area contributed by atoms with Crippen LogP contribution in [0.4, 0.5) is 0 Å². The van der Waals surface area contributed by atoms with Crippen LogP contribution in [0.25, 0.3) is 0 Å². The number of aliphatic hydroxyl groups is 3. The summed E-state index contributed by atoms with van der Waals surface area (Å²) in [5.41, 5.74) is 0.958. The van der Waals surface area contributed by atoms with Gasteiger partial charge in [0.05, 0.1) is 30.7 Å². The first-order chi connectivity index (χ1) is 16.1. The molecule has 0 fully saturated rings. The topological polar surface area (TPSA) is 199 Å². The van der Waals surface area contributed by atoms with Gasteiger partial charge in [0.1, 0.15) is 6.10 Å². The van der Waals surface area contributed by atoms with Gasteiger partial charge < -0.3 is 25.2 Å². The highest BCUT2D eigenvalue weighted by Crippen LogP contribution is 2.44. The van der Waals surface area contributed by atoms with Crippen molar-refractivity contribution in [3.8, 4) is 0 Å². The lowest BCUT2D eigenvalue weighted by Gasteiger charge is -2.43. The molecule has 0 saturated heterocycles. The van der Waals surface area contributed by atoms with Crippen molar-refractivity contribution in [2.24, 2.45) is 23.7 Å². The second-order valence-electron chi connectivity index (χ2n) is 9.33. The number of allylic oxidation sites excluding steroid dienone is 2. The summed E-state index contributed by atoms with van der Waals surface area (Å²) in [6.07, 6.45) is 4.64. The Balaban J connectivity index is 0.00000111. The molecule has 202 valence electrons. The maximum Gasteiger partial charge on any atom is 0.394 e. The van der Waals surface area contributed by atoms with E-state index in [9.17, 15) is 24.9 Å². The van der Waals surface area contributed by atoms with Gasteiger partial charge in [0.25, 0.3) is 0 Å². The number of hydrogen-bond donors (Lipinski definition) is 6. The third-order valence-electron chi connectivity index (χ3n) is 6.44. The molecule has 0 unspecified atom stereocenters. The predicted molar refractivity (Wildman–Crippen MR) is 126 cm³/mol. The highest BCUT2D eigenvalue weighted by Gasteiger charge is 2.42. The van der Waals surface area contributed by atoms with E-state index in [1.165, 1.54) is 0 Å². The third-order valence-corrected chi connectivity index (χ3v) is 6.44. The number of carboxylic acids is 1. The minimum Gasteiger partial charge on any atom is -0.481 e. The first-order valence-corrected chi connectivity index (χ1v) is 13.1. The van der Waals surface area contributed by atoms with E-state index >= 15 is 0 Å². The second kappa shape index (κ2) is 14.0. The molecule has 12 heteroatoms. The van der Waals surface area contributed by atoms with E-state index < -0.39 is 40.8 Å². The largest absolute Gasteiger partial charge is 0.481 e. The van der Waals surface area contributed by atoms with Crippen molar-refractivity contribution in [1.29, 1.82) is 0 Å². The zero-order valence-corrected chi connectivity index (χ0v) is 21.0. The Morgan fingerprint density at radius 2 is 1.80 bits per heavy atom. The van der Waals surface area contributed by atoms with Crippen molar-refractivity contribution in [2.45, 2.75) is 83.7 Å². The molecule has 2 rings (SSSR count). The highest BCUT2D eigenvalue weighted by atomic mass is 32.3. The van der Waals surface area contributed by atoms with Gasteiger partial charge >= 0.3 is 22.3 Å². The Morgan fingerprint density at radius 3 is 2.34 bits per heavy atom. The fourth-order valence-corrected chi connectivity index (χ4v) is 4.52. The standard InChI is InChI=1S/C23H36O7.H2O4S/c1-4-13(2)23(29)30-20-11-17(25)9-15-6-5-14(3)19(22(15)20)8-7-16(24)10-18(26)12-21(27)28;1-5(2,3)4/h5-6,9,13-14,16-20,22,24-26H,4,7-8,10-12H2,1-3H3,(H,27,28);(H2,1,2,3,4)/t13-,14-,16+,17+,18+,19-,20-,22-;/m0./s1. The van der Waals surface area contributed by atoms with Crippen molar-refractivity contribution in [3.05, 3.63) is 23.8 Å². The first-order valence-electron chi connectivity index (χ1n) is 11.7. The Hall–Kier alpha value is -1.83. The molecule has 0 aliphatic heterocycles. The van der Waals surface area contributed by atoms with Crippen LogP contribution >= 0.6 is 0 Å². The van der Waals surface area contributed by atoms with E-state index in [-0.39, 0.29) is 42.5 Å². The number of carbonyl (C=O) groups excluding carboxylic acids is 1. The summed E-state index contributed by atoms with van der Waals surface area (Å²) in [5.74, 6) is -1.31. The SMILES string of the molecule is CC[C@H](C)C(=O)O[C@H]1C[C@H](O)C=C2C=C[C@H](C)[C@H](CC[C@@H](O)C[C@@H](O)CC(=O)O)[C@H]21.O=S(=O)(O)O. The molecule has 0 bridgehead atoms. The minimum atomic E-state index is -4.67. The van der Waals surface area contributed by atoms with Gasteiger partial charge in [0.2, 0.25) is 0 Å². The van der Waals surface area contributed by atoms with Gasteiger partial charge in [0.15, 0.2) is 0 Å². The van der Waals surface area contributed by atoms with Crippen LogP contribution in [0.5, 0.6) is 0 Å². The summed E-state index contributed by atoms with van der Waals surface area (Å²) in [7, 11) is -4.67. The second-order valence-corrected chi connectivity index (χ2v) is 10.2. The number of carbonyl (C=O) groups is 2. The van der Waals surface area contributed by atoms with Crippen molar-refractivity contribution in [3.63, 3.8) is 0 Å². The van der Waals surface area contributed by atoms with E-state index in [1.807, 2.05) is 26.0 Å². The molecule has 11 nitrogen and oxygen atoms in total. The highest BCUT2D eigenvalue weighted by molar-refractivity contribution is 7.79. The van der Waals surface area contributed by atoms with Crippen LogP contribution in [0, 0.1) is 23.7 Å². The molecule has 0 aromatic heterocycles. The van der Waals surface area contributed by atoms with E-state index in [4.69, 9.17) is 27.4 Å². The summed E-state index contributed by atoms with van der Waals surface area (Å²) >= 11 is 0. The van der Waals surface area contributed by atoms with E-state index in [2.05, 4.69) is 13.0 Å². The summed E-state index contributed by atoms with van der Waals surface area (Å²) in [6, 6.07) is 0. The summed E-state index contributed by atoms with van der Waals surface area (Å²) in [5, 5.41) is 39.1. The van der Waals surface area contributed by atoms with Crippen LogP contribution in [0.1, 0.15) is 59.3 Å². The average Bonchev–Trinajstić information content (AvgIpc) is 2.70. The Kier molecular flexibility index (Phi) is 12.5. The van der Waals surface area contributed by atoms with Crippen LogP contribution < -0.4 is 0 Å². The summed E-state index contributed by atoms with van der Waals surface area (Å²) in [4.78, 5) is 23.1. The van der Waals surface area contributed by atoms with Crippen LogP contribution in [0.3, 0.4) is 0 Å². The van der Waals surface area contributed by atoms with Gasteiger partial charge in [-0.05, 0) is 43.1 Å². The predicted octanol–water partition coefficient (Wildman–Crippen LogP) is 1.79. The van der Waals surface area contributed by atoms with E-state index in [0.717, 1.165) is 5.57 Å². The molecule has 0 amide bonds. The average molecular weight is 523 g/mol. The summed E-state index contributed by atoms with van der Waals surface area (Å²) < 4.78 is 37.4. The maximum absolute atomic E-state index is 12.4. The molecule has 0 aromatic carbocycles. The number of carboxylic acid groups (broad SMARTS) is 1. The fourth-order valence-electron chi connectivity index (χ4n) is 4.52. The van der Waals surface area contributed by atoms with Gasteiger partial charge in [-0.3, -0.25) is 18.7 Å². The maximum atomic E-state index is 12.4. The molecule has 0 heterocycles. The molecular formula is C23H38O11S. The van der Waals surface area contributed by atoms with E-state index in [1.54, 1.807) is 0 Å². The van der Waals surface area contributed by atoms with Crippen LogP contribution in [-0.2, 0) is 24.7 Å². The van der Waals surface area contributed by atoms with Gasteiger partial charge in [-0.1, -0.05) is 39.0 Å². The Bertz CT molecular complexity index is 859. The number of rotatable bonds is 10. The molecule has 0 spiro atoms. The monoisotopic (exact) mass is 522 g/mol. The zero-order valence-electron chi connectivity index (χ0n) is 20.2. The van der Waals surface area contributed by atoms with Gasteiger partial charge in [-0.25, -0.2) is 0 Å². The lowest BCUT2D eigenvalue weighted by atomic mass is 9.66. The molecule has 6 N–H and O–H groups in total. The molecule has 0 aromatic rings. The molecule has 0 saturated carbocycles. The van der Waals surface area contributed by atoms with Crippen LogP contribution in [0.2, 0.25) is 0 Å². The van der Waals surface area contributed by atoms with Crippen molar-refractivity contribution < 1.29 is 52.3 Å². The van der Waals surface area contributed by atoms with Crippen molar-refractivity contribution in [1.82, 2.24) is 0 Å². The minimum absolute atomic E-state index is 0.0156. The fraction of sp³-hybridized carbons (Fsp3) is 0.739. The lowest BCUT2D eigenvalue weighted by molar-refractivity contribution is -0.159. The van der Waals surface area contributed by atoms with Crippen LogP contribution in [-0.4, -0.2) is 74.3 Å². The van der Waals surface area contributed by atoms with Gasteiger partial charge in [-0.2, -0.15) is 8.42 Å². The lowest BCUT2D eigenvalue weighted by Crippen LogP contribution is -2.43. The molecule has 35 heavy (non-hydrogen) atoms. The van der Waals surface area contributed by atoms with E-state index in [0.29, 0.717) is 25.7 Å². The van der Waals surface area contributed by atoms with Gasteiger partial charge in [0, 0.05) is 12.3 Å². The number of aliphatic hydroxyl groups excluding tert-OH is 3. The smallest absolute Gasteiger partial charge is 0.394 e. The normalized spacial score (nSPS) is 28.5. The number of esters is 1. The quantitative estimate of drug-likeness (QED) is 0.180. The molecule has 2 aliphatic rings. The van der Waals surface area contributed by atoms with Crippen molar-refractivity contribution in [2.75, 3.05) is 0 Å². The number of ether oxygens (including phenoxy) is 1.